The Kier molecular flexibility index (Phi) is 4.27. The molecule has 1 amide bonds. The molecule has 7 nitrogen and oxygen atoms in total. The molecule has 1 fully saturated rings. The van der Waals surface area contributed by atoms with Gasteiger partial charge in [0.1, 0.15) is 5.69 Å². The lowest BCUT2D eigenvalue weighted by molar-refractivity contribution is -0.384. The van der Waals surface area contributed by atoms with Gasteiger partial charge < -0.3 is 10.6 Å². The van der Waals surface area contributed by atoms with Crippen LogP contribution in [-0.2, 0) is 4.79 Å². The summed E-state index contributed by atoms with van der Waals surface area (Å²) in [5, 5.41) is 25.4. The van der Waals surface area contributed by atoms with Crippen molar-refractivity contribution in [3.8, 4) is 6.07 Å². The van der Waals surface area contributed by atoms with Gasteiger partial charge in [-0.15, -0.1) is 0 Å². The number of nitrogens with zero attached hydrogens (tertiary/aromatic N) is 2. The molecule has 1 aliphatic rings. The normalized spacial score (nSPS) is 18.1. The number of nitro benzene ring substituents is 1. The lowest BCUT2D eigenvalue weighted by Gasteiger charge is -2.21. The number of hydrogen-bond donors (Lipinski definition) is 2. The minimum Gasteiger partial charge on any atom is -0.320 e. The Hall–Kier alpha value is -2.46. The summed E-state index contributed by atoms with van der Waals surface area (Å²) in [6, 6.07) is 5.84. The van der Waals surface area contributed by atoms with Gasteiger partial charge in [0.05, 0.1) is 22.5 Å². The molecule has 1 aromatic rings. The topological polar surface area (TPSA) is 108 Å². The van der Waals surface area contributed by atoms with Gasteiger partial charge in [-0.05, 0) is 31.5 Å². The third-order valence-electron chi connectivity index (χ3n) is 3.25. The molecule has 2 rings (SSSR count). The molecule has 7 heteroatoms. The minimum atomic E-state index is -0.602. The molecule has 0 spiro atoms. The zero-order chi connectivity index (χ0) is 14.5. The maximum atomic E-state index is 12.1. The zero-order valence-electron chi connectivity index (χ0n) is 10.8. The van der Waals surface area contributed by atoms with E-state index in [-0.39, 0.29) is 28.8 Å². The number of piperidine rings is 1. The third kappa shape index (κ3) is 3.10. The number of rotatable bonds is 3. The van der Waals surface area contributed by atoms with E-state index in [0.717, 1.165) is 25.5 Å². The second kappa shape index (κ2) is 6.12. The molecule has 1 unspecified atom stereocenters. The number of benzene rings is 1. The van der Waals surface area contributed by atoms with Crippen LogP contribution >= 0.6 is 0 Å². The smallest absolute Gasteiger partial charge is 0.294 e. The summed E-state index contributed by atoms with van der Waals surface area (Å²) in [5.74, 6) is -0.413. The predicted octanol–water partition coefficient (Wildman–Crippen LogP) is 1.40. The van der Waals surface area contributed by atoms with Crippen molar-refractivity contribution in [2.75, 3.05) is 18.4 Å². The van der Waals surface area contributed by atoms with Gasteiger partial charge in [0.25, 0.3) is 5.69 Å². The molecule has 1 atom stereocenters. The fourth-order valence-electron chi connectivity index (χ4n) is 2.17. The van der Waals surface area contributed by atoms with Crippen LogP contribution in [0.3, 0.4) is 0 Å². The van der Waals surface area contributed by atoms with Crippen LogP contribution in [0.2, 0.25) is 0 Å². The van der Waals surface area contributed by atoms with Gasteiger partial charge in [-0.2, -0.15) is 5.26 Å². The van der Waals surface area contributed by atoms with E-state index < -0.39 is 4.92 Å². The van der Waals surface area contributed by atoms with Gasteiger partial charge in [-0.1, -0.05) is 0 Å². The molecule has 0 aromatic heterocycles. The van der Waals surface area contributed by atoms with E-state index in [1.54, 1.807) is 0 Å². The lowest BCUT2D eigenvalue weighted by Crippen LogP contribution is -2.37. The molecule has 1 aromatic carbocycles. The summed E-state index contributed by atoms with van der Waals surface area (Å²) in [6.07, 6.45) is 1.68. The van der Waals surface area contributed by atoms with Crippen LogP contribution in [0.25, 0.3) is 0 Å². The number of amides is 1. The number of carbonyl (C=O) groups excluding carboxylic acids is 1. The average molecular weight is 274 g/mol. The number of nitrogens with one attached hydrogen (secondary N) is 2. The first-order valence-corrected chi connectivity index (χ1v) is 6.32. The van der Waals surface area contributed by atoms with E-state index in [1.807, 2.05) is 6.07 Å². The van der Waals surface area contributed by atoms with E-state index in [9.17, 15) is 14.9 Å². The fraction of sp³-hybridized carbons (Fsp3) is 0.385. The lowest BCUT2D eigenvalue weighted by atomic mass is 9.98. The van der Waals surface area contributed by atoms with Crippen molar-refractivity contribution in [3.63, 3.8) is 0 Å². The molecule has 1 saturated heterocycles. The SMILES string of the molecule is N#Cc1ccc(NC(=O)C2CCCNC2)c([N+](=O)[O-])c1. The molecular formula is C13H14N4O3. The molecule has 2 N–H and O–H groups in total. The molecule has 104 valence electrons. The Morgan fingerprint density at radius 2 is 2.35 bits per heavy atom. The molecule has 1 aliphatic heterocycles. The Bertz CT molecular complexity index is 573. The van der Waals surface area contributed by atoms with Gasteiger partial charge in [-0.3, -0.25) is 14.9 Å². The van der Waals surface area contributed by atoms with Crippen LogP contribution in [0.15, 0.2) is 18.2 Å². The minimum absolute atomic E-state index is 0.129. The standard InChI is InChI=1S/C13H14N4O3/c14-7-9-3-4-11(12(6-9)17(19)20)16-13(18)10-2-1-5-15-8-10/h3-4,6,10,15H,1-2,5,8H2,(H,16,18). The first kappa shape index (κ1) is 14.0. The number of nitriles is 1. The summed E-state index contributed by atoms with van der Waals surface area (Å²) in [7, 11) is 0. The second-order valence-corrected chi connectivity index (χ2v) is 4.63. The van der Waals surface area contributed by atoms with E-state index in [4.69, 9.17) is 5.26 Å². The Labute approximate surface area is 115 Å². The van der Waals surface area contributed by atoms with Crippen LogP contribution in [0.1, 0.15) is 18.4 Å². The second-order valence-electron chi connectivity index (χ2n) is 4.63. The van der Waals surface area contributed by atoms with Crippen molar-refractivity contribution >= 4 is 17.3 Å². The number of anilines is 1. The maximum absolute atomic E-state index is 12.1. The number of nitro groups is 1. The molecule has 0 bridgehead atoms. The van der Waals surface area contributed by atoms with Crippen LogP contribution in [0.4, 0.5) is 11.4 Å². The van der Waals surface area contributed by atoms with Crippen LogP contribution in [0.5, 0.6) is 0 Å². The van der Waals surface area contributed by atoms with E-state index >= 15 is 0 Å². The highest BCUT2D eigenvalue weighted by Crippen LogP contribution is 2.26. The van der Waals surface area contributed by atoms with Crippen LogP contribution in [-0.4, -0.2) is 23.9 Å². The predicted molar refractivity (Wildman–Crippen MR) is 72.0 cm³/mol. The van der Waals surface area contributed by atoms with Crippen molar-refractivity contribution < 1.29 is 9.72 Å². The van der Waals surface area contributed by atoms with Crippen molar-refractivity contribution in [1.82, 2.24) is 5.32 Å². The zero-order valence-corrected chi connectivity index (χ0v) is 10.8. The molecule has 20 heavy (non-hydrogen) atoms. The first-order valence-electron chi connectivity index (χ1n) is 6.32. The summed E-state index contributed by atoms with van der Waals surface area (Å²) in [6.45, 7) is 1.47. The van der Waals surface area contributed by atoms with Gasteiger partial charge in [-0.25, -0.2) is 0 Å². The number of hydrogen-bond acceptors (Lipinski definition) is 5. The Morgan fingerprint density at radius 1 is 1.55 bits per heavy atom. The summed E-state index contributed by atoms with van der Waals surface area (Å²) in [4.78, 5) is 22.4. The monoisotopic (exact) mass is 274 g/mol. The first-order chi connectivity index (χ1) is 9.61. The molecule has 0 saturated carbocycles. The highest BCUT2D eigenvalue weighted by atomic mass is 16.6. The van der Waals surface area contributed by atoms with Crippen molar-refractivity contribution in [1.29, 1.82) is 5.26 Å². The van der Waals surface area contributed by atoms with Gasteiger partial charge in [0, 0.05) is 12.6 Å². The summed E-state index contributed by atoms with van der Waals surface area (Å²) in [5.41, 5.74) is 0.0553. The quantitative estimate of drug-likeness (QED) is 0.639. The highest BCUT2D eigenvalue weighted by Gasteiger charge is 2.23. The van der Waals surface area contributed by atoms with E-state index in [0.29, 0.717) is 6.54 Å². The molecule has 1 heterocycles. The Morgan fingerprint density at radius 3 is 2.95 bits per heavy atom. The number of carbonyl (C=O) groups is 1. The maximum Gasteiger partial charge on any atom is 0.294 e. The fourth-order valence-corrected chi connectivity index (χ4v) is 2.17. The van der Waals surface area contributed by atoms with Gasteiger partial charge in [0.2, 0.25) is 5.91 Å². The average Bonchev–Trinajstić information content (AvgIpc) is 2.48. The van der Waals surface area contributed by atoms with Gasteiger partial charge in [0.15, 0.2) is 0 Å². The highest BCUT2D eigenvalue weighted by molar-refractivity contribution is 5.95. The molecule has 0 radical (unpaired) electrons. The van der Waals surface area contributed by atoms with E-state index in [1.165, 1.54) is 12.1 Å². The van der Waals surface area contributed by atoms with Crippen molar-refractivity contribution in [2.45, 2.75) is 12.8 Å². The summed E-state index contributed by atoms with van der Waals surface area (Å²) < 4.78 is 0. The Balaban J connectivity index is 2.18. The third-order valence-corrected chi connectivity index (χ3v) is 3.25. The van der Waals surface area contributed by atoms with Crippen LogP contribution in [0, 0.1) is 27.4 Å². The molecule has 0 aliphatic carbocycles. The summed E-state index contributed by atoms with van der Waals surface area (Å²) >= 11 is 0. The van der Waals surface area contributed by atoms with Crippen molar-refractivity contribution in [3.05, 3.63) is 33.9 Å². The van der Waals surface area contributed by atoms with Crippen molar-refractivity contribution in [2.24, 2.45) is 5.92 Å². The van der Waals surface area contributed by atoms with E-state index in [2.05, 4.69) is 10.6 Å². The van der Waals surface area contributed by atoms with Gasteiger partial charge >= 0.3 is 0 Å². The molecular weight excluding hydrogens is 260 g/mol. The largest absolute Gasteiger partial charge is 0.320 e. The van der Waals surface area contributed by atoms with Crippen LogP contribution < -0.4 is 10.6 Å².